The average Bonchev–Trinajstić information content (AvgIpc) is 2.16. The molecule has 0 aromatic rings. The Labute approximate surface area is 81.0 Å². The highest BCUT2D eigenvalue weighted by Gasteiger charge is 1.87. The van der Waals surface area contributed by atoms with Crippen LogP contribution in [0.2, 0.25) is 0 Å². The molecule has 0 rings (SSSR count). The van der Waals surface area contributed by atoms with Crippen molar-refractivity contribution in [3.8, 4) is 0 Å². The Balaban J connectivity index is 2.76. The van der Waals surface area contributed by atoms with E-state index in [0.29, 0.717) is 0 Å². The van der Waals surface area contributed by atoms with E-state index in [1.807, 2.05) is 6.92 Å². The minimum atomic E-state index is 0.777. The van der Waals surface area contributed by atoms with Crippen molar-refractivity contribution in [3.05, 3.63) is 0 Å². The van der Waals surface area contributed by atoms with Gasteiger partial charge < -0.3 is 20.1 Å². The minimum Gasteiger partial charge on any atom is -0.383 e. The predicted octanol–water partition coefficient (Wildman–Crippen LogP) is -0.151. The molecule has 4 nitrogen and oxygen atoms in total. The van der Waals surface area contributed by atoms with Crippen LogP contribution in [0, 0.1) is 0 Å². The Bertz CT molecular complexity index is 81.7. The van der Waals surface area contributed by atoms with Crippen molar-refractivity contribution >= 4 is 0 Å². The molecule has 0 heterocycles. The van der Waals surface area contributed by atoms with Gasteiger partial charge >= 0.3 is 0 Å². The Morgan fingerprint density at radius 2 is 1.54 bits per heavy atom. The molecule has 0 aliphatic rings. The first-order valence-corrected chi connectivity index (χ1v) is 4.90. The molecular formula is C9H22N2O2. The van der Waals surface area contributed by atoms with Crippen LogP contribution in [0.3, 0.4) is 0 Å². The van der Waals surface area contributed by atoms with Gasteiger partial charge in [-0.1, -0.05) is 0 Å². The van der Waals surface area contributed by atoms with E-state index < -0.39 is 0 Å². The second-order valence-electron chi connectivity index (χ2n) is 2.69. The minimum absolute atomic E-state index is 0.777. The Hall–Kier alpha value is -0.160. The van der Waals surface area contributed by atoms with Crippen molar-refractivity contribution in [2.24, 2.45) is 0 Å². The summed E-state index contributed by atoms with van der Waals surface area (Å²) in [5, 5.41) is 6.52. The van der Waals surface area contributed by atoms with Gasteiger partial charge in [0.2, 0.25) is 0 Å². The normalized spacial score (nSPS) is 10.6. The van der Waals surface area contributed by atoms with Crippen molar-refractivity contribution in [2.45, 2.75) is 6.92 Å². The molecule has 0 saturated heterocycles. The molecule has 0 aliphatic carbocycles. The van der Waals surface area contributed by atoms with Crippen LogP contribution >= 0.6 is 0 Å². The quantitative estimate of drug-likeness (QED) is 0.470. The topological polar surface area (TPSA) is 42.5 Å². The fourth-order valence-electron chi connectivity index (χ4n) is 0.890. The molecule has 0 atom stereocenters. The first-order chi connectivity index (χ1) is 6.41. The lowest BCUT2D eigenvalue weighted by atomic mass is 10.5. The second-order valence-corrected chi connectivity index (χ2v) is 2.69. The van der Waals surface area contributed by atoms with Gasteiger partial charge in [-0.05, 0) is 6.92 Å². The van der Waals surface area contributed by atoms with E-state index in [2.05, 4.69) is 10.6 Å². The average molecular weight is 190 g/mol. The first kappa shape index (κ1) is 12.8. The molecule has 0 aromatic carbocycles. The second kappa shape index (κ2) is 11.8. The van der Waals surface area contributed by atoms with E-state index >= 15 is 0 Å². The fraction of sp³-hybridized carbons (Fsp3) is 1.00. The standard InChI is InChI=1S/C9H22N2O2/c1-3-13-9-7-11-5-4-10-6-8-12-2/h10-11H,3-9H2,1-2H3. The highest BCUT2D eigenvalue weighted by atomic mass is 16.5. The van der Waals surface area contributed by atoms with Crippen LogP contribution in [-0.2, 0) is 9.47 Å². The Morgan fingerprint density at radius 1 is 0.923 bits per heavy atom. The van der Waals surface area contributed by atoms with Crippen LogP contribution in [0.4, 0.5) is 0 Å². The van der Waals surface area contributed by atoms with Gasteiger partial charge in [-0.3, -0.25) is 0 Å². The van der Waals surface area contributed by atoms with Gasteiger partial charge in [-0.2, -0.15) is 0 Å². The number of hydrogen-bond donors (Lipinski definition) is 2. The number of ether oxygens (including phenoxy) is 2. The molecule has 0 unspecified atom stereocenters. The summed E-state index contributed by atoms with van der Waals surface area (Å²) in [5.41, 5.74) is 0. The number of rotatable bonds is 10. The Morgan fingerprint density at radius 3 is 2.08 bits per heavy atom. The van der Waals surface area contributed by atoms with Crippen molar-refractivity contribution in [2.75, 3.05) is 53.1 Å². The molecule has 0 spiro atoms. The first-order valence-electron chi connectivity index (χ1n) is 4.90. The summed E-state index contributed by atoms with van der Waals surface area (Å²) >= 11 is 0. The van der Waals surface area contributed by atoms with Gasteiger partial charge in [0.1, 0.15) is 0 Å². The van der Waals surface area contributed by atoms with Crippen LogP contribution in [0.1, 0.15) is 6.92 Å². The number of methoxy groups -OCH3 is 1. The van der Waals surface area contributed by atoms with E-state index in [4.69, 9.17) is 9.47 Å². The molecular weight excluding hydrogens is 168 g/mol. The van der Waals surface area contributed by atoms with Crippen LogP contribution in [-0.4, -0.2) is 53.1 Å². The van der Waals surface area contributed by atoms with Crippen molar-refractivity contribution in [1.29, 1.82) is 0 Å². The highest BCUT2D eigenvalue weighted by Crippen LogP contribution is 1.70. The number of hydrogen-bond acceptors (Lipinski definition) is 4. The van der Waals surface area contributed by atoms with Gasteiger partial charge in [0.25, 0.3) is 0 Å². The SMILES string of the molecule is CCOCCNCCNCCOC. The molecule has 2 N–H and O–H groups in total. The van der Waals surface area contributed by atoms with E-state index in [-0.39, 0.29) is 0 Å². The van der Waals surface area contributed by atoms with Gasteiger partial charge in [0.05, 0.1) is 13.2 Å². The van der Waals surface area contributed by atoms with Crippen molar-refractivity contribution in [1.82, 2.24) is 10.6 Å². The zero-order valence-electron chi connectivity index (χ0n) is 8.77. The van der Waals surface area contributed by atoms with Crippen LogP contribution in [0.25, 0.3) is 0 Å². The molecule has 0 aromatic heterocycles. The summed E-state index contributed by atoms with van der Waals surface area (Å²) in [4.78, 5) is 0. The molecule has 4 heteroatoms. The monoisotopic (exact) mass is 190 g/mol. The summed E-state index contributed by atoms with van der Waals surface area (Å²) < 4.78 is 10.1. The maximum Gasteiger partial charge on any atom is 0.0590 e. The maximum absolute atomic E-state index is 5.18. The largest absolute Gasteiger partial charge is 0.383 e. The van der Waals surface area contributed by atoms with E-state index in [0.717, 1.165) is 46.0 Å². The summed E-state index contributed by atoms with van der Waals surface area (Å²) in [6.45, 7) is 8.20. The highest BCUT2D eigenvalue weighted by molar-refractivity contribution is 4.50. The van der Waals surface area contributed by atoms with E-state index in [1.54, 1.807) is 7.11 Å². The molecule has 0 amide bonds. The van der Waals surface area contributed by atoms with Crippen molar-refractivity contribution in [3.63, 3.8) is 0 Å². The summed E-state index contributed by atoms with van der Waals surface area (Å²) in [7, 11) is 1.71. The van der Waals surface area contributed by atoms with Gasteiger partial charge in [-0.15, -0.1) is 0 Å². The Kier molecular flexibility index (Phi) is 11.7. The smallest absolute Gasteiger partial charge is 0.0590 e. The van der Waals surface area contributed by atoms with Crippen LogP contribution in [0.15, 0.2) is 0 Å². The third-order valence-electron chi connectivity index (χ3n) is 1.59. The van der Waals surface area contributed by atoms with Gasteiger partial charge in [-0.25, -0.2) is 0 Å². The van der Waals surface area contributed by atoms with Gasteiger partial charge in [0.15, 0.2) is 0 Å². The summed E-state index contributed by atoms with van der Waals surface area (Å²) in [6.07, 6.45) is 0. The molecule has 0 saturated carbocycles. The lowest BCUT2D eigenvalue weighted by Crippen LogP contribution is -2.31. The molecule has 80 valence electrons. The third-order valence-corrected chi connectivity index (χ3v) is 1.59. The fourth-order valence-corrected chi connectivity index (χ4v) is 0.890. The molecule has 0 bridgehead atoms. The summed E-state index contributed by atoms with van der Waals surface area (Å²) in [5.74, 6) is 0. The maximum atomic E-state index is 5.18. The predicted molar refractivity (Wildman–Crippen MR) is 54.1 cm³/mol. The van der Waals surface area contributed by atoms with Gasteiger partial charge in [0, 0.05) is 39.9 Å². The number of nitrogens with one attached hydrogen (secondary N) is 2. The van der Waals surface area contributed by atoms with Crippen LogP contribution < -0.4 is 10.6 Å². The molecule has 0 aliphatic heterocycles. The van der Waals surface area contributed by atoms with E-state index in [1.165, 1.54) is 0 Å². The molecule has 13 heavy (non-hydrogen) atoms. The summed E-state index contributed by atoms with van der Waals surface area (Å²) in [6, 6.07) is 0. The molecule has 0 fully saturated rings. The lowest BCUT2D eigenvalue weighted by Gasteiger charge is -2.05. The van der Waals surface area contributed by atoms with Crippen molar-refractivity contribution < 1.29 is 9.47 Å². The zero-order chi connectivity index (χ0) is 9.78. The zero-order valence-corrected chi connectivity index (χ0v) is 8.77. The third kappa shape index (κ3) is 11.8. The van der Waals surface area contributed by atoms with E-state index in [9.17, 15) is 0 Å². The lowest BCUT2D eigenvalue weighted by molar-refractivity contribution is 0.149. The van der Waals surface area contributed by atoms with Crippen LogP contribution in [0.5, 0.6) is 0 Å². The molecule has 0 radical (unpaired) electrons.